The van der Waals surface area contributed by atoms with Gasteiger partial charge in [0.1, 0.15) is 5.82 Å². The predicted octanol–water partition coefficient (Wildman–Crippen LogP) is 4.22. The molecular formula is C12H9ClFN. The van der Waals surface area contributed by atoms with Crippen molar-refractivity contribution in [2.75, 3.05) is 5.32 Å². The lowest BCUT2D eigenvalue weighted by Gasteiger charge is -2.07. The van der Waals surface area contributed by atoms with Gasteiger partial charge >= 0.3 is 0 Å². The lowest BCUT2D eigenvalue weighted by molar-refractivity contribution is 0.628. The molecule has 0 saturated carbocycles. The Balaban J connectivity index is 2.22. The second-order valence-electron chi connectivity index (χ2n) is 3.11. The average Bonchev–Trinajstić information content (AvgIpc) is 2.25. The van der Waals surface area contributed by atoms with Gasteiger partial charge in [-0.15, -0.1) is 0 Å². The zero-order chi connectivity index (χ0) is 10.7. The molecule has 0 aromatic heterocycles. The number of hydrogen-bond donors (Lipinski definition) is 1. The summed E-state index contributed by atoms with van der Waals surface area (Å²) < 4.78 is 12.7. The Morgan fingerprint density at radius 3 is 2.27 bits per heavy atom. The van der Waals surface area contributed by atoms with Crippen molar-refractivity contribution in [1.82, 2.24) is 0 Å². The average molecular weight is 222 g/mol. The molecule has 0 amide bonds. The molecule has 0 saturated heterocycles. The molecule has 1 nitrogen and oxygen atoms in total. The van der Waals surface area contributed by atoms with E-state index in [9.17, 15) is 4.39 Å². The molecule has 2 aromatic rings. The minimum atomic E-state index is -0.250. The highest BCUT2D eigenvalue weighted by Crippen LogP contribution is 2.24. The molecule has 0 heterocycles. The van der Waals surface area contributed by atoms with Gasteiger partial charge in [-0.1, -0.05) is 23.7 Å². The lowest BCUT2D eigenvalue weighted by atomic mass is 10.2. The number of nitrogens with one attached hydrogen (secondary N) is 1. The monoisotopic (exact) mass is 221 g/mol. The summed E-state index contributed by atoms with van der Waals surface area (Å²) in [6, 6.07) is 13.5. The van der Waals surface area contributed by atoms with Crippen LogP contribution in [0.2, 0.25) is 5.02 Å². The van der Waals surface area contributed by atoms with E-state index in [0.29, 0.717) is 5.02 Å². The molecule has 2 aromatic carbocycles. The molecule has 76 valence electrons. The van der Waals surface area contributed by atoms with E-state index in [1.165, 1.54) is 12.1 Å². The predicted molar refractivity (Wildman–Crippen MR) is 61.1 cm³/mol. The molecule has 2 rings (SSSR count). The molecule has 15 heavy (non-hydrogen) atoms. The Labute approximate surface area is 92.5 Å². The van der Waals surface area contributed by atoms with Crippen LogP contribution in [0.25, 0.3) is 0 Å². The van der Waals surface area contributed by atoms with Crippen LogP contribution in [-0.4, -0.2) is 0 Å². The van der Waals surface area contributed by atoms with Gasteiger partial charge in [0.15, 0.2) is 0 Å². The van der Waals surface area contributed by atoms with Crippen molar-refractivity contribution in [2.45, 2.75) is 0 Å². The van der Waals surface area contributed by atoms with Gasteiger partial charge in [-0.2, -0.15) is 0 Å². The van der Waals surface area contributed by atoms with Crippen LogP contribution in [-0.2, 0) is 0 Å². The van der Waals surface area contributed by atoms with Gasteiger partial charge in [0.25, 0.3) is 0 Å². The fourth-order valence-electron chi connectivity index (χ4n) is 1.25. The molecule has 0 radical (unpaired) electrons. The van der Waals surface area contributed by atoms with Crippen LogP contribution in [0.1, 0.15) is 0 Å². The Kier molecular flexibility index (Phi) is 2.88. The molecule has 0 aliphatic carbocycles. The Morgan fingerprint density at radius 1 is 0.933 bits per heavy atom. The van der Waals surface area contributed by atoms with Crippen molar-refractivity contribution >= 4 is 23.0 Å². The molecular weight excluding hydrogens is 213 g/mol. The van der Waals surface area contributed by atoms with Crippen molar-refractivity contribution in [3.05, 3.63) is 59.4 Å². The largest absolute Gasteiger partial charge is 0.354 e. The number of anilines is 2. The zero-order valence-electron chi connectivity index (χ0n) is 7.87. The summed E-state index contributed by atoms with van der Waals surface area (Å²) >= 11 is 5.97. The summed E-state index contributed by atoms with van der Waals surface area (Å²) in [6.45, 7) is 0. The summed E-state index contributed by atoms with van der Waals surface area (Å²) in [5.74, 6) is -0.250. The van der Waals surface area contributed by atoms with Crippen molar-refractivity contribution in [3.63, 3.8) is 0 Å². The van der Waals surface area contributed by atoms with Gasteiger partial charge in [-0.25, -0.2) is 4.39 Å². The van der Waals surface area contributed by atoms with Crippen molar-refractivity contribution < 1.29 is 4.39 Å². The number of benzene rings is 2. The highest BCUT2D eigenvalue weighted by Gasteiger charge is 1.98. The summed E-state index contributed by atoms with van der Waals surface area (Å²) in [4.78, 5) is 0. The molecule has 3 heteroatoms. The first-order chi connectivity index (χ1) is 7.25. The zero-order valence-corrected chi connectivity index (χ0v) is 8.63. The summed E-state index contributed by atoms with van der Waals surface area (Å²) in [5.41, 5.74) is 1.62. The first kappa shape index (κ1) is 9.99. The summed E-state index contributed by atoms with van der Waals surface area (Å²) in [5, 5.41) is 3.74. The van der Waals surface area contributed by atoms with E-state index in [-0.39, 0.29) is 5.82 Å². The van der Waals surface area contributed by atoms with E-state index >= 15 is 0 Å². The van der Waals surface area contributed by atoms with Crippen LogP contribution in [0, 0.1) is 5.82 Å². The normalized spacial score (nSPS) is 10.0. The van der Waals surface area contributed by atoms with E-state index < -0.39 is 0 Å². The number of hydrogen-bond acceptors (Lipinski definition) is 1. The SMILES string of the molecule is Fc1ccc(Nc2ccccc2Cl)cc1. The van der Waals surface area contributed by atoms with Gasteiger partial charge in [0.2, 0.25) is 0 Å². The van der Waals surface area contributed by atoms with Crippen molar-refractivity contribution in [1.29, 1.82) is 0 Å². The van der Waals surface area contributed by atoms with Crippen LogP contribution in [0.4, 0.5) is 15.8 Å². The first-order valence-corrected chi connectivity index (χ1v) is 4.90. The highest BCUT2D eigenvalue weighted by atomic mass is 35.5. The number of rotatable bonds is 2. The van der Waals surface area contributed by atoms with Crippen LogP contribution >= 0.6 is 11.6 Å². The van der Waals surface area contributed by atoms with Crippen LogP contribution < -0.4 is 5.32 Å². The van der Waals surface area contributed by atoms with E-state index in [4.69, 9.17) is 11.6 Å². The van der Waals surface area contributed by atoms with Gasteiger partial charge in [0, 0.05) is 5.69 Å². The van der Waals surface area contributed by atoms with Gasteiger partial charge in [-0.05, 0) is 36.4 Å². The molecule has 0 fully saturated rings. The summed E-state index contributed by atoms with van der Waals surface area (Å²) in [7, 11) is 0. The van der Waals surface area contributed by atoms with Crippen LogP contribution in [0.5, 0.6) is 0 Å². The van der Waals surface area contributed by atoms with Gasteiger partial charge in [-0.3, -0.25) is 0 Å². The third kappa shape index (κ3) is 2.48. The van der Waals surface area contributed by atoms with Crippen LogP contribution in [0.15, 0.2) is 48.5 Å². The molecule has 0 atom stereocenters. The molecule has 1 N–H and O–H groups in total. The van der Waals surface area contributed by atoms with E-state index in [1.54, 1.807) is 18.2 Å². The maximum absolute atomic E-state index is 12.7. The molecule has 0 aliphatic rings. The third-order valence-corrected chi connectivity index (χ3v) is 2.33. The minimum Gasteiger partial charge on any atom is -0.354 e. The standard InChI is InChI=1S/C12H9ClFN/c13-11-3-1-2-4-12(11)15-10-7-5-9(14)6-8-10/h1-8,15H. The van der Waals surface area contributed by atoms with Crippen molar-refractivity contribution in [3.8, 4) is 0 Å². The topological polar surface area (TPSA) is 12.0 Å². The minimum absolute atomic E-state index is 0.250. The van der Waals surface area contributed by atoms with Crippen LogP contribution in [0.3, 0.4) is 0 Å². The quantitative estimate of drug-likeness (QED) is 0.801. The molecule has 0 bridgehead atoms. The Bertz CT molecular complexity index is 453. The summed E-state index contributed by atoms with van der Waals surface area (Å²) in [6.07, 6.45) is 0. The number of halogens is 2. The fraction of sp³-hybridized carbons (Fsp3) is 0. The molecule has 0 spiro atoms. The highest BCUT2D eigenvalue weighted by molar-refractivity contribution is 6.33. The second-order valence-corrected chi connectivity index (χ2v) is 3.52. The number of para-hydroxylation sites is 1. The van der Waals surface area contributed by atoms with E-state index in [1.807, 2.05) is 18.2 Å². The smallest absolute Gasteiger partial charge is 0.123 e. The first-order valence-electron chi connectivity index (χ1n) is 4.53. The van der Waals surface area contributed by atoms with E-state index in [0.717, 1.165) is 11.4 Å². The maximum atomic E-state index is 12.7. The lowest BCUT2D eigenvalue weighted by Crippen LogP contribution is -1.90. The third-order valence-electron chi connectivity index (χ3n) is 2.00. The Hall–Kier alpha value is -1.54. The Morgan fingerprint density at radius 2 is 1.60 bits per heavy atom. The molecule has 0 aliphatic heterocycles. The van der Waals surface area contributed by atoms with E-state index in [2.05, 4.69) is 5.32 Å². The maximum Gasteiger partial charge on any atom is 0.123 e. The van der Waals surface area contributed by atoms with Crippen molar-refractivity contribution in [2.24, 2.45) is 0 Å². The van der Waals surface area contributed by atoms with Gasteiger partial charge < -0.3 is 5.32 Å². The fourth-order valence-corrected chi connectivity index (χ4v) is 1.43. The second kappa shape index (κ2) is 4.32. The van der Waals surface area contributed by atoms with Gasteiger partial charge in [0.05, 0.1) is 10.7 Å². The molecule has 0 unspecified atom stereocenters.